The van der Waals surface area contributed by atoms with Gasteiger partial charge in [-0.05, 0) is 32.0 Å². The number of thiophene rings is 1. The third-order valence-corrected chi connectivity index (χ3v) is 2.97. The molecule has 2 N–H and O–H groups in total. The lowest BCUT2D eigenvalue weighted by atomic mass is 10.4. The Bertz CT molecular complexity index is 309. The zero-order chi connectivity index (χ0) is 11.1. The van der Waals surface area contributed by atoms with Crippen LogP contribution >= 0.6 is 11.3 Å². The monoisotopic (exact) mass is 226 g/mol. The molecule has 0 saturated heterocycles. The summed E-state index contributed by atoms with van der Waals surface area (Å²) in [5, 5.41) is 5.95. The second-order valence-corrected chi connectivity index (χ2v) is 4.84. The molecule has 0 aliphatic heterocycles. The van der Waals surface area contributed by atoms with Crippen LogP contribution in [0.15, 0.2) is 12.1 Å². The number of hydrogen-bond donors (Lipinski definition) is 2. The minimum absolute atomic E-state index is 0.0644. The van der Waals surface area contributed by atoms with Gasteiger partial charge in [0.15, 0.2) is 0 Å². The fourth-order valence-electron chi connectivity index (χ4n) is 1.21. The highest BCUT2D eigenvalue weighted by Gasteiger charge is 2.01. The summed E-state index contributed by atoms with van der Waals surface area (Å²) in [5.41, 5.74) is 0. The number of carbonyl (C=O) groups excluding carboxylic acids is 1. The van der Waals surface area contributed by atoms with Crippen molar-refractivity contribution in [2.45, 2.75) is 26.8 Å². The lowest BCUT2D eigenvalue weighted by Crippen LogP contribution is -2.33. The Morgan fingerprint density at radius 1 is 1.47 bits per heavy atom. The summed E-state index contributed by atoms with van der Waals surface area (Å²) < 4.78 is 0. The summed E-state index contributed by atoms with van der Waals surface area (Å²) in [6, 6.07) is 4.13. The van der Waals surface area contributed by atoms with Crippen LogP contribution in [0.4, 0.5) is 0 Å². The van der Waals surface area contributed by atoms with Crippen LogP contribution in [-0.4, -0.2) is 19.0 Å². The molecule has 3 nitrogen and oxygen atoms in total. The first kappa shape index (κ1) is 12.2. The molecule has 1 aromatic rings. The van der Waals surface area contributed by atoms with Crippen molar-refractivity contribution in [3.8, 4) is 0 Å². The van der Waals surface area contributed by atoms with Crippen LogP contribution in [0.2, 0.25) is 0 Å². The van der Waals surface area contributed by atoms with E-state index in [0.717, 1.165) is 13.0 Å². The SMILES string of the molecule is CCCNCC(=O)NCc1ccc(C)s1. The standard InChI is InChI=1S/C11H18N2OS/c1-3-6-12-8-11(14)13-7-10-5-4-9(2)15-10/h4-5,12H,3,6-8H2,1-2H3,(H,13,14). The van der Waals surface area contributed by atoms with Crippen molar-refractivity contribution < 1.29 is 4.79 Å². The van der Waals surface area contributed by atoms with Crippen molar-refractivity contribution in [2.24, 2.45) is 0 Å². The molecule has 0 unspecified atom stereocenters. The number of rotatable bonds is 6. The van der Waals surface area contributed by atoms with Crippen LogP contribution in [0, 0.1) is 6.92 Å². The van der Waals surface area contributed by atoms with Gasteiger partial charge in [0.2, 0.25) is 5.91 Å². The fourth-order valence-corrected chi connectivity index (χ4v) is 2.04. The van der Waals surface area contributed by atoms with Gasteiger partial charge < -0.3 is 10.6 Å². The van der Waals surface area contributed by atoms with Crippen LogP contribution in [-0.2, 0) is 11.3 Å². The second-order valence-electron chi connectivity index (χ2n) is 3.47. The van der Waals surface area contributed by atoms with E-state index in [4.69, 9.17) is 0 Å². The minimum atomic E-state index is 0.0644. The Morgan fingerprint density at radius 3 is 2.87 bits per heavy atom. The van der Waals surface area contributed by atoms with Gasteiger partial charge in [-0.15, -0.1) is 11.3 Å². The Labute approximate surface area is 94.9 Å². The summed E-state index contributed by atoms with van der Waals surface area (Å²) in [5.74, 6) is 0.0644. The summed E-state index contributed by atoms with van der Waals surface area (Å²) in [6.07, 6.45) is 1.05. The first-order chi connectivity index (χ1) is 7.22. The third kappa shape index (κ3) is 4.95. The summed E-state index contributed by atoms with van der Waals surface area (Å²) in [6.45, 7) is 6.10. The van der Waals surface area contributed by atoms with Gasteiger partial charge in [0.25, 0.3) is 0 Å². The molecule has 0 bridgehead atoms. The number of amides is 1. The van der Waals surface area contributed by atoms with Crippen LogP contribution in [0.1, 0.15) is 23.1 Å². The molecule has 1 amide bonds. The van der Waals surface area contributed by atoms with E-state index in [1.54, 1.807) is 11.3 Å². The maximum Gasteiger partial charge on any atom is 0.234 e. The number of hydrogen-bond acceptors (Lipinski definition) is 3. The quantitative estimate of drug-likeness (QED) is 0.725. The van der Waals surface area contributed by atoms with Gasteiger partial charge in [0.05, 0.1) is 13.1 Å². The van der Waals surface area contributed by atoms with Crippen LogP contribution < -0.4 is 10.6 Å². The van der Waals surface area contributed by atoms with Crippen molar-refractivity contribution in [3.63, 3.8) is 0 Å². The van der Waals surface area contributed by atoms with E-state index >= 15 is 0 Å². The molecule has 0 radical (unpaired) electrons. The molecular weight excluding hydrogens is 208 g/mol. The molecule has 0 aliphatic rings. The van der Waals surface area contributed by atoms with Gasteiger partial charge in [0, 0.05) is 9.75 Å². The highest BCUT2D eigenvalue weighted by Crippen LogP contribution is 2.14. The van der Waals surface area contributed by atoms with Crippen molar-refractivity contribution >= 4 is 17.2 Å². The van der Waals surface area contributed by atoms with Gasteiger partial charge >= 0.3 is 0 Å². The van der Waals surface area contributed by atoms with E-state index in [0.29, 0.717) is 13.1 Å². The number of carbonyl (C=O) groups is 1. The Hall–Kier alpha value is -0.870. The second kappa shape index (κ2) is 6.58. The summed E-state index contributed by atoms with van der Waals surface area (Å²) >= 11 is 1.72. The molecular formula is C11H18N2OS. The van der Waals surface area contributed by atoms with E-state index in [9.17, 15) is 4.79 Å². The van der Waals surface area contributed by atoms with Crippen molar-refractivity contribution in [2.75, 3.05) is 13.1 Å². The first-order valence-corrected chi connectivity index (χ1v) is 6.06. The van der Waals surface area contributed by atoms with Crippen LogP contribution in [0.3, 0.4) is 0 Å². The lowest BCUT2D eigenvalue weighted by molar-refractivity contribution is -0.120. The summed E-state index contributed by atoms with van der Waals surface area (Å²) in [7, 11) is 0. The maximum atomic E-state index is 11.3. The molecule has 1 rings (SSSR count). The van der Waals surface area contributed by atoms with E-state index in [-0.39, 0.29) is 5.91 Å². The van der Waals surface area contributed by atoms with Crippen molar-refractivity contribution in [3.05, 3.63) is 21.9 Å². The third-order valence-electron chi connectivity index (χ3n) is 1.97. The van der Waals surface area contributed by atoms with E-state index in [1.165, 1.54) is 9.75 Å². The van der Waals surface area contributed by atoms with Gasteiger partial charge in [-0.1, -0.05) is 6.92 Å². The maximum absolute atomic E-state index is 11.3. The highest BCUT2D eigenvalue weighted by molar-refractivity contribution is 7.11. The molecule has 1 heterocycles. The Kier molecular flexibility index (Phi) is 5.36. The zero-order valence-electron chi connectivity index (χ0n) is 9.30. The van der Waals surface area contributed by atoms with E-state index in [1.807, 2.05) is 0 Å². The van der Waals surface area contributed by atoms with Gasteiger partial charge in [-0.25, -0.2) is 0 Å². The summed E-state index contributed by atoms with van der Waals surface area (Å²) in [4.78, 5) is 13.8. The first-order valence-electron chi connectivity index (χ1n) is 5.25. The molecule has 4 heteroatoms. The van der Waals surface area contributed by atoms with Crippen LogP contribution in [0.25, 0.3) is 0 Å². The minimum Gasteiger partial charge on any atom is -0.350 e. The average Bonchev–Trinajstić information content (AvgIpc) is 2.62. The fraction of sp³-hybridized carbons (Fsp3) is 0.545. The highest BCUT2D eigenvalue weighted by atomic mass is 32.1. The largest absolute Gasteiger partial charge is 0.350 e. The molecule has 0 aliphatic carbocycles. The van der Waals surface area contributed by atoms with E-state index in [2.05, 4.69) is 36.6 Å². The predicted octanol–water partition coefficient (Wildman–Crippen LogP) is 1.67. The average molecular weight is 226 g/mol. The molecule has 0 aromatic carbocycles. The Morgan fingerprint density at radius 2 is 2.27 bits per heavy atom. The van der Waals surface area contributed by atoms with Gasteiger partial charge in [-0.2, -0.15) is 0 Å². The molecule has 0 spiro atoms. The van der Waals surface area contributed by atoms with Crippen LogP contribution in [0.5, 0.6) is 0 Å². The normalized spacial score (nSPS) is 10.3. The molecule has 15 heavy (non-hydrogen) atoms. The molecule has 84 valence electrons. The molecule has 0 saturated carbocycles. The van der Waals surface area contributed by atoms with E-state index < -0.39 is 0 Å². The smallest absolute Gasteiger partial charge is 0.234 e. The molecule has 0 fully saturated rings. The van der Waals surface area contributed by atoms with Crippen molar-refractivity contribution in [1.29, 1.82) is 0 Å². The number of nitrogens with one attached hydrogen (secondary N) is 2. The Balaban J connectivity index is 2.16. The molecule has 1 aromatic heterocycles. The van der Waals surface area contributed by atoms with Gasteiger partial charge in [-0.3, -0.25) is 4.79 Å². The predicted molar refractivity (Wildman–Crippen MR) is 64.1 cm³/mol. The van der Waals surface area contributed by atoms with Crippen molar-refractivity contribution in [1.82, 2.24) is 10.6 Å². The van der Waals surface area contributed by atoms with Gasteiger partial charge in [0.1, 0.15) is 0 Å². The zero-order valence-corrected chi connectivity index (χ0v) is 10.1. The molecule has 0 atom stereocenters. The number of aryl methyl sites for hydroxylation is 1. The topological polar surface area (TPSA) is 41.1 Å². The lowest BCUT2D eigenvalue weighted by Gasteiger charge is -2.04.